The molecule has 0 saturated carbocycles. The molecule has 1 N–H and O–H groups in total. The maximum Gasteiger partial charge on any atom is 0.132 e. The van der Waals surface area contributed by atoms with Crippen LogP contribution in [0.4, 0.5) is 0 Å². The topological polar surface area (TPSA) is 37.3 Å². The molecule has 0 aromatic rings. The number of Topliss-reactive ketones (excluding diaryl/α,β-unsaturated/α-hetero) is 1. The molecule has 1 atom stereocenters. The highest BCUT2D eigenvalue weighted by Crippen LogP contribution is 2.16. The van der Waals surface area contributed by atoms with Gasteiger partial charge in [0.05, 0.1) is 6.10 Å². The summed E-state index contributed by atoms with van der Waals surface area (Å²) < 4.78 is 0. The van der Waals surface area contributed by atoms with Crippen molar-refractivity contribution >= 4 is 5.78 Å². The van der Waals surface area contributed by atoms with Gasteiger partial charge in [0.1, 0.15) is 5.78 Å². The Balaban J connectivity index is 2.42. The normalized spacial score (nSPS) is 18.2. The van der Waals surface area contributed by atoms with Gasteiger partial charge in [0, 0.05) is 6.42 Å². The summed E-state index contributed by atoms with van der Waals surface area (Å²) in [6.45, 7) is 1.49. The first-order valence-corrected chi connectivity index (χ1v) is 3.73. The molecule has 1 aliphatic carbocycles. The first-order valence-electron chi connectivity index (χ1n) is 3.73. The van der Waals surface area contributed by atoms with E-state index in [9.17, 15) is 9.90 Å². The zero-order valence-corrected chi connectivity index (χ0v) is 6.58. The van der Waals surface area contributed by atoms with Gasteiger partial charge in [-0.1, -0.05) is 18.2 Å². The molecular weight excluding hydrogens is 140 g/mol. The van der Waals surface area contributed by atoms with Crippen LogP contribution in [0.5, 0.6) is 0 Å². The van der Waals surface area contributed by atoms with E-state index in [2.05, 4.69) is 0 Å². The van der Waals surface area contributed by atoms with Crippen LogP contribution < -0.4 is 0 Å². The second kappa shape index (κ2) is 3.49. The Morgan fingerprint density at radius 3 is 3.00 bits per heavy atom. The number of rotatable bonds is 3. The van der Waals surface area contributed by atoms with Crippen LogP contribution in [0.2, 0.25) is 0 Å². The van der Waals surface area contributed by atoms with E-state index in [0.717, 1.165) is 12.0 Å². The quantitative estimate of drug-likeness (QED) is 0.660. The second-order valence-electron chi connectivity index (χ2n) is 2.80. The first kappa shape index (κ1) is 8.21. The molecule has 0 spiro atoms. The van der Waals surface area contributed by atoms with E-state index in [0.29, 0.717) is 0 Å². The molecule has 11 heavy (non-hydrogen) atoms. The highest BCUT2D eigenvalue weighted by molar-refractivity contribution is 5.76. The Bertz CT molecular complexity index is 214. The highest BCUT2D eigenvalue weighted by atomic mass is 16.3. The Morgan fingerprint density at radius 2 is 2.55 bits per heavy atom. The van der Waals surface area contributed by atoms with Crippen molar-refractivity contribution in [1.82, 2.24) is 0 Å². The predicted molar refractivity (Wildman–Crippen MR) is 43.1 cm³/mol. The summed E-state index contributed by atoms with van der Waals surface area (Å²) >= 11 is 0. The average molecular weight is 152 g/mol. The van der Waals surface area contributed by atoms with Gasteiger partial charge in [-0.25, -0.2) is 0 Å². The molecule has 60 valence electrons. The number of hydrogen-bond donors (Lipinski definition) is 1. The van der Waals surface area contributed by atoms with Crippen LogP contribution >= 0.6 is 0 Å². The van der Waals surface area contributed by atoms with Crippen molar-refractivity contribution in [2.45, 2.75) is 25.9 Å². The zero-order chi connectivity index (χ0) is 8.27. The molecule has 0 saturated heterocycles. The van der Waals surface area contributed by atoms with Crippen molar-refractivity contribution in [3.05, 3.63) is 23.8 Å². The first-order chi connectivity index (χ1) is 5.20. The summed E-state index contributed by atoms with van der Waals surface area (Å²) in [6, 6.07) is 0. The van der Waals surface area contributed by atoms with Crippen LogP contribution in [0.3, 0.4) is 0 Å². The maximum atomic E-state index is 10.6. The van der Waals surface area contributed by atoms with Gasteiger partial charge in [-0.2, -0.15) is 0 Å². The van der Waals surface area contributed by atoms with Crippen LogP contribution in [-0.4, -0.2) is 17.0 Å². The van der Waals surface area contributed by atoms with E-state index in [1.807, 2.05) is 18.2 Å². The SMILES string of the molecule is CC(=O)C[C@H](O)C1=CC=CC1. The van der Waals surface area contributed by atoms with Gasteiger partial charge in [0.2, 0.25) is 0 Å². The average Bonchev–Trinajstić information content (AvgIpc) is 2.35. The lowest BCUT2D eigenvalue weighted by atomic mass is 10.0. The summed E-state index contributed by atoms with van der Waals surface area (Å²) in [5.41, 5.74) is 0.945. The largest absolute Gasteiger partial charge is 0.388 e. The van der Waals surface area contributed by atoms with Crippen LogP contribution in [0, 0.1) is 0 Å². The Kier molecular flexibility index (Phi) is 2.60. The second-order valence-corrected chi connectivity index (χ2v) is 2.80. The molecular formula is C9H12O2. The number of hydrogen-bond acceptors (Lipinski definition) is 2. The summed E-state index contributed by atoms with van der Waals surface area (Å²) in [5.74, 6) is 0.0327. The summed E-state index contributed by atoms with van der Waals surface area (Å²) in [7, 11) is 0. The van der Waals surface area contributed by atoms with E-state index in [1.165, 1.54) is 6.92 Å². The molecule has 0 aromatic heterocycles. The van der Waals surface area contributed by atoms with Crippen LogP contribution in [0.25, 0.3) is 0 Å². The van der Waals surface area contributed by atoms with Crippen LogP contribution in [0.1, 0.15) is 19.8 Å². The fourth-order valence-corrected chi connectivity index (χ4v) is 1.11. The minimum Gasteiger partial charge on any atom is -0.388 e. The van der Waals surface area contributed by atoms with Gasteiger partial charge in [-0.15, -0.1) is 0 Å². The Hall–Kier alpha value is -0.890. The number of allylic oxidation sites excluding steroid dienone is 3. The van der Waals surface area contributed by atoms with Crippen LogP contribution in [0.15, 0.2) is 23.8 Å². The Labute approximate surface area is 66.2 Å². The summed E-state index contributed by atoms with van der Waals surface area (Å²) in [5, 5.41) is 9.39. The van der Waals surface area contributed by atoms with E-state index in [4.69, 9.17) is 0 Å². The monoisotopic (exact) mass is 152 g/mol. The molecule has 0 aliphatic heterocycles. The fraction of sp³-hybridized carbons (Fsp3) is 0.444. The van der Waals surface area contributed by atoms with Crippen molar-refractivity contribution in [3.63, 3.8) is 0 Å². The van der Waals surface area contributed by atoms with Crippen LogP contribution in [-0.2, 0) is 4.79 Å². The van der Waals surface area contributed by atoms with E-state index in [-0.39, 0.29) is 12.2 Å². The minimum atomic E-state index is -0.567. The van der Waals surface area contributed by atoms with E-state index in [1.54, 1.807) is 0 Å². The summed E-state index contributed by atoms with van der Waals surface area (Å²) in [4.78, 5) is 10.6. The molecule has 2 nitrogen and oxygen atoms in total. The molecule has 1 aliphatic rings. The van der Waals surface area contributed by atoms with Gasteiger partial charge in [-0.05, 0) is 18.9 Å². The molecule has 0 aromatic carbocycles. The molecule has 2 heteroatoms. The summed E-state index contributed by atoms with van der Waals surface area (Å²) in [6.07, 6.45) is 6.20. The van der Waals surface area contributed by atoms with Gasteiger partial charge in [0.15, 0.2) is 0 Å². The molecule has 0 heterocycles. The van der Waals surface area contributed by atoms with E-state index >= 15 is 0 Å². The molecule has 0 fully saturated rings. The smallest absolute Gasteiger partial charge is 0.132 e. The minimum absolute atomic E-state index is 0.0327. The standard InChI is InChI=1S/C9H12O2/c1-7(10)6-9(11)8-4-2-3-5-8/h2-4,9,11H,5-6H2,1H3/t9-/m0/s1. The lowest BCUT2D eigenvalue weighted by Gasteiger charge is -2.08. The molecule has 0 amide bonds. The van der Waals surface area contributed by atoms with Crippen molar-refractivity contribution in [1.29, 1.82) is 0 Å². The van der Waals surface area contributed by atoms with E-state index < -0.39 is 6.10 Å². The number of carbonyl (C=O) groups is 1. The highest BCUT2D eigenvalue weighted by Gasteiger charge is 2.12. The molecule has 0 radical (unpaired) electrons. The maximum absolute atomic E-state index is 10.6. The zero-order valence-electron chi connectivity index (χ0n) is 6.58. The lowest BCUT2D eigenvalue weighted by molar-refractivity contribution is -0.118. The van der Waals surface area contributed by atoms with Gasteiger partial charge in [0.25, 0.3) is 0 Å². The third-order valence-corrected chi connectivity index (χ3v) is 1.71. The van der Waals surface area contributed by atoms with Gasteiger partial charge in [-0.3, -0.25) is 4.79 Å². The number of aliphatic hydroxyl groups excluding tert-OH is 1. The van der Waals surface area contributed by atoms with Crippen molar-refractivity contribution in [3.8, 4) is 0 Å². The number of aliphatic hydroxyl groups is 1. The number of carbonyl (C=O) groups excluding carboxylic acids is 1. The molecule has 0 bridgehead atoms. The fourth-order valence-electron chi connectivity index (χ4n) is 1.11. The molecule has 0 unspecified atom stereocenters. The van der Waals surface area contributed by atoms with Gasteiger partial charge >= 0.3 is 0 Å². The molecule has 1 rings (SSSR count). The third-order valence-electron chi connectivity index (χ3n) is 1.71. The third kappa shape index (κ3) is 2.31. The van der Waals surface area contributed by atoms with Crippen molar-refractivity contribution in [2.75, 3.05) is 0 Å². The lowest BCUT2D eigenvalue weighted by Crippen LogP contribution is -2.13. The van der Waals surface area contributed by atoms with Gasteiger partial charge < -0.3 is 5.11 Å². The Morgan fingerprint density at radius 1 is 1.82 bits per heavy atom. The van der Waals surface area contributed by atoms with Crippen molar-refractivity contribution < 1.29 is 9.90 Å². The predicted octanol–water partition coefficient (Wildman–Crippen LogP) is 1.21. The number of ketones is 1. The van der Waals surface area contributed by atoms with Crippen molar-refractivity contribution in [2.24, 2.45) is 0 Å².